The van der Waals surface area contributed by atoms with Gasteiger partial charge in [-0.05, 0) is 43.0 Å². The molecule has 2 atom stereocenters. The van der Waals surface area contributed by atoms with E-state index < -0.39 is 0 Å². The summed E-state index contributed by atoms with van der Waals surface area (Å²) in [4.78, 5) is 19.1. The summed E-state index contributed by atoms with van der Waals surface area (Å²) in [6.07, 6.45) is 2.40. The topological polar surface area (TPSA) is 36.0 Å². The fourth-order valence-electron chi connectivity index (χ4n) is 5.25. The van der Waals surface area contributed by atoms with E-state index in [1.165, 1.54) is 18.7 Å². The average Bonchev–Trinajstić information content (AvgIpc) is 2.84. The van der Waals surface area contributed by atoms with Crippen LogP contribution in [-0.4, -0.2) is 68.2 Å². The van der Waals surface area contributed by atoms with Crippen LogP contribution in [0.3, 0.4) is 0 Å². The van der Waals surface area contributed by atoms with Crippen LogP contribution < -0.4 is 4.90 Å². The van der Waals surface area contributed by atoms with Crippen molar-refractivity contribution in [3.8, 4) is 0 Å². The van der Waals surface area contributed by atoms with Crippen LogP contribution in [0.5, 0.6) is 0 Å². The molecule has 2 aromatic rings. The minimum atomic E-state index is -0.147. The summed E-state index contributed by atoms with van der Waals surface area (Å²) in [5.41, 5.74) is 2.03. The highest BCUT2D eigenvalue weighted by Crippen LogP contribution is 2.29. The van der Waals surface area contributed by atoms with Crippen LogP contribution in [0.4, 0.5) is 10.1 Å². The van der Waals surface area contributed by atoms with Crippen LogP contribution in [0, 0.1) is 11.7 Å². The van der Waals surface area contributed by atoms with E-state index >= 15 is 0 Å². The lowest BCUT2D eigenvalue weighted by molar-refractivity contribution is -0.141. The quantitative estimate of drug-likeness (QED) is 0.614. The summed E-state index contributed by atoms with van der Waals surface area (Å²) in [7, 11) is 1.46. The standard InChI is InChI=1S/C26H34FN3O2/c1-32-26(31)12-11-22-20-28(19-21-7-3-2-4-8-21)14-13-24(22)29-15-17-30(18-16-29)25-10-6-5-9-23(25)27/h2-10,22,24H,11-20H2,1H3/t22-,24+/m0/s1. The summed E-state index contributed by atoms with van der Waals surface area (Å²) in [6.45, 7) is 6.50. The number of carbonyl (C=O) groups is 1. The van der Waals surface area contributed by atoms with Gasteiger partial charge in [0.15, 0.2) is 0 Å². The summed E-state index contributed by atoms with van der Waals surface area (Å²) >= 11 is 0. The summed E-state index contributed by atoms with van der Waals surface area (Å²) < 4.78 is 19.1. The van der Waals surface area contributed by atoms with E-state index in [0.717, 1.165) is 58.7 Å². The van der Waals surface area contributed by atoms with Crippen molar-refractivity contribution in [2.24, 2.45) is 5.92 Å². The molecule has 2 aliphatic rings. The molecular formula is C26H34FN3O2. The van der Waals surface area contributed by atoms with E-state index in [1.807, 2.05) is 12.1 Å². The molecule has 0 spiro atoms. The van der Waals surface area contributed by atoms with Gasteiger partial charge in [-0.2, -0.15) is 0 Å². The first-order valence-corrected chi connectivity index (χ1v) is 11.7. The lowest BCUT2D eigenvalue weighted by Crippen LogP contribution is -2.56. The number of hydrogen-bond donors (Lipinski definition) is 0. The van der Waals surface area contributed by atoms with Crippen LogP contribution in [0.15, 0.2) is 54.6 Å². The number of methoxy groups -OCH3 is 1. The van der Waals surface area contributed by atoms with Crippen molar-refractivity contribution in [1.82, 2.24) is 9.80 Å². The average molecular weight is 440 g/mol. The zero-order valence-corrected chi connectivity index (χ0v) is 19.0. The normalized spacial score (nSPS) is 22.6. The van der Waals surface area contributed by atoms with Crippen molar-refractivity contribution in [1.29, 1.82) is 0 Å². The van der Waals surface area contributed by atoms with Gasteiger partial charge in [-0.3, -0.25) is 14.6 Å². The predicted octanol–water partition coefficient (Wildman–Crippen LogP) is 3.79. The van der Waals surface area contributed by atoms with Gasteiger partial charge in [0.1, 0.15) is 5.82 Å². The Labute approximate surface area is 190 Å². The van der Waals surface area contributed by atoms with Gasteiger partial charge >= 0.3 is 5.97 Å². The number of rotatable bonds is 7. The highest BCUT2D eigenvalue weighted by molar-refractivity contribution is 5.69. The summed E-state index contributed by atoms with van der Waals surface area (Å²) in [6, 6.07) is 18.1. The zero-order valence-electron chi connectivity index (χ0n) is 19.0. The third-order valence-electron chi connectivity index (χ3n) is 6.95. The molecule has 2 heterocycles. The number of piperidine rings is 1. The molecule has 6 heteroatoms. The molecule has 172 valence electrons. The Morgan fingerprint density at radius 1 is 1.00 bits per heavy atom. The van der Waals surface area contributed by atoms with Crippen molar-refractivity contribution in [3.63, 3.8) is 0 Å². The van der Waals surface area contributed by atoms with E-state index in [2.05, 4.69) is 45.0 Å². The second-order valence-corrected chi connectivity index (χ2v) is 8.93. The molecule has 0 saturated carbocycles. The Bertz CT molecular complexity index is 870. The fourth-order valence-corrected chi connectivity index (χ4v) is 5.25. The first-order chi connectivity index (χ1) is 15.6. The van der Waals surface area contributed by atoms with E-state index in [-0.39, 0.29) is 11.8 Å². The van der Waals surface area contributed by atoms with Crippen LogP contribution in [0.1, 0.15) is 24.8 Å². The lowest BCUT2D eigenvalue weighted by Gasteiger charge is -2.47. The highest BCUT2D eigenvalue weighted by Gasteiger charge is 2.35. The van der Waals surface area contributed by atoms with Gasteiger partial charge in [0.05, 0.1) is 12.8 Å². The molecule has 2 saturated heterocycles. The second-order valence-electron chi connectivity index (χ2n) is 8.93. The number of nitrogens with zero attached hydrogens (tertiary/aromatic N) is 3. The van der Waals surface area contributed by atoms with E-state index in [9.17, 15) is 9.18 Å². The molecule has 2 aromatic carbocycles. The number of esters is 1. The number of para-hydroxylation sites is 1. The first-order valence-electron chi connectivity index (χ1n) is 11.7. The Morgan fingerprint density at radius 2 is 1.72 bits per heavy atom. The smallest absolute Gasteiger partial charge is 0.305 e. The van der Waals surface area contributed by atoms with Crippen molar-refractivity contribution in [3.05, 3.63) is 66.0 Å². The SMILES string of the molecule is COC(=O)CC[C@H]1CN(Cc2ccccc2)CC[C@H]1N1CCN(c2ccccc2F)CC1. The molecule has 0 unspecified atom stereocenters. The van der Waals surface area contributed by atoms with Crippen LogP contribution in [0.2, 0.25) is 0 Å². The Hall–Kier alpha value is -2.44. The maximum absolute atomic E-state index is 14.2. The molecule has 0 amide bonds. The van der Waals surface area contributed by atoms with E-state index in [0.29, 0.717) is 24.1 Å². The van der Waals surface area contributed by atoms with Crippen LogP contribution in [-0.2, 0) is 16.1 Å². The molecule has 0 N–H and O–H groups in total. The van der Waals surface area contributed by atoms with Gasteiger partial charge < -0.3 is 9.64 Å². The monoisotopic (exact) mass is 439 g/mol. The Kier molecular flexibility index (Phi) is 7.76. The number of benzene rings is 2. The molecule has 4 rings (SSSR count). The zero-order chi connectivity index (χ0) is 22.3. The molecule has 5 nitrogen and oxygen atoms in total. The van der Waals surface area contributed by atoms with Gasteiger partial charge in [0, 0.05) is 51.7 Å². The fraction of sp³-hybridized carbons (Fsp3) is 0.500. The lowest BCUT2D eigenvalue weighted by atomic mass is 9.86. The first kappa shape index (κ1) is 22.7. The minimum Gasteiger partial charge on any atom is -0.469 e. The highest BCUT2D eigenvalue weighted by atomic mass is 19.1. The summed E-state index contributed by atoms with van der Waals surface area (Å²) in [5.74, 6) is 0.144. The van der Waals surface area contributed by atoms with Crippen molar-refractivity contribution in [2.75, 3.05) is 51.3 Å². The van der Waals surface area contributed by atoms with Crippen LogP contribution >= 0.6 is 0 Å². The molecule has 32 heavy (non-hydrogen) atoms. The molecule has 0 aliphatic carbocycles. The van der Waals surface area contributed by atoms with Gasteiger partial charge in [-0.15, -0.1) is 0 Å². The van der Waals surface area contributed by atoms with Gasteiger partial charge in [0.25, 0.3) is 0 Å². The number of hydrogen-bond acceptors (Lipinski definition) is 5. The number of ether oxygens (including phenoxy) is 1. The summed E-state index contributed by atoms with van der Waals surface area (Å²) in [5, 5.41) is 0. The number of anilines is 1. The van der Waals surface area contributed by atoms with Gasteiger partial charge in [-0.1, -0.05) is 42.5 Å². The molecule has 0 aromatic heterocycles. The number of halogens is 1. The van der Waals surface area contributed by atoms with E-state index in [4.69, 9.17) is 4.74 Å². The third-order valence-corrected chi connectivity index (χ3v) is 6.95. The molecule has 2 fully saturated rings. The largest absolute Gasteiger partial charge is 0.469 e. The van der Waals surface area contributed by atoms with Gasteiger partial charge in [-0.25, -0.2) is 4.39 Å². The molecule has 0 radical (unpaired) electrons. The second kappa shape index (κ2) is 10.9. The minimum absolute atomic E-state index is 0.131. The molecule has 0 bridgehead atoms. The Morgan fingerprint density at radius 3 is 2.44 bits per heavy atom. The number of piperazine rings is 1. The number of likely N-dealkylation sites (tertiary alicyclic amines) is 1. The van der Waals surface area contributed by atoms with Crippen molar-refractivity contribution in [2.45, 2.75) is 31.8 Å². The molecule has 2 aliphatic heterocycles. The van der Waals surface area contributed by atoms with E-state index in [1.54, 1.807) is 6.07 Å². The van der Waals surface area contributed by atoms with Gasteiger partial charge in [0.2, 0.25) is 0 Å². The van der Waals surface area contributed by atoms with Crippen LogP contribution in [0.25, 0.3) is 0 Å². The van der Waals surface area contributed by atoms with Crippen molar-refractivity contribution < 1.29 is 13.9 Å². The van der Waals surface area contributed by atoms with Crippen molar-refractivity contribution >= 4 is 11.7 Å². The third kappa shape index (κ3) is 5.67. The predicted molar refractivity (Wildman–Crippen MR) is 125 cm³/mol. The molecular weight excluding hydrogens is 405 g/mol. The maximum Gasteiger partial charge on any atom is 0.305 e. The Balaban J connectivity index is 1.38. The maximum atomic E-state index is 14.2. The number of carbonyl (C=O) groups excluding carboxylic acids is 1.